The highest BCUT2D eigenvalue weighted by Gasteiger charge is 2.16. The van der Waals surface area contributed by atoms with Crippen LogP contribution in [0, 0.1) is 0 Å². The molecule has 0 aliphatic rings. The molecule has 1 amide bonds. The number of hydrogen-bond acceptors (Lipinski definition) is 5. The molecule has 0 unspecified atom stereocenters. The number of amides is 1. The number of carbonyl (C=O) groups is 1. The molecule has 0 radical (unpaired) electrons. The zero-order valence-electron chi connectivity index (χ0n) is 17.1. The molecule has 4 rings (SSSR count). The maximum Gasteiger partial charge on any atom is 0.259 e. The number of aryl methyl sites for hydroxylation is 2. The van der Waals surface area contributed by atoms with Crippen molar-refractivity contribution in [3.05, 3.63) is 80.7 Å². The van der Waals surface area contributed by atoms with Crippen LogP contribution in [0.5, 0.6) is 0 Å². The van der Waals surface area contributed by atoms with Crippen LogP contribution in [0.3, 0.4) is 0 Å². The first-order valence-corrected chi connectivity index (χ1v) is 10.5. The molecule has 0 saturated heterocycles. The van der Waals surface area contributed by atoms with E-state index in [4.69, 9.17) is 28.9 Å². The maximum absolute atomic E-state index is 13.0. The number of nitrogens with two attached hydrogens (primary N) is 1. The molecule has 0 saturated carbocycles. The fourth-order valence-electron chi connectivity index (χ4n) is 3.39. The number of fused-ring (bicyclic) bond motifs is 1. The van der Waals surface area contributed by atoms with E-state index in [-0.39, 0.29) is 11.5 Å². The van der Waals surface area contributed by atoms with Crippen LogP contribution < -0.4 is 16.6 Å². The summed E-state index contributed by atoms with van der Waals surface area (Å²) in [4.78, 5) is 32.8. The Bertz CT molecular complexity index is 1360. The number of anilines is 2. The highest BCUT2D eigenvalue weighted by atomic mass is 35.5. The second kappa shape index (κ2) is 8.98. The minimum absolute atomic E-state index is 0.268. The number of halogens is 2. The summed E-state index contributed by atoms with van der Waals surface area (Å²) in [5.74, 6) is 0.0169. The Morgan fingerprint density at radius 3 is 2.47 bits per heavy atom. The maximum atomic E-state index is 13.0. The van der Waals surface area contributed by atoms with Gasteiger partial charge < -0.3 is 11.1 Å². The third-order valence-corrected chi connectivity index (χ3v) is 5.68. The topological polar surface area (TPSA) is 103 Å². The van der Waals surface area contributed by atoms with E-state index in [1.807, 2.05) is 24.3 Å². The molecule has 0 atom stereocenters. The zero-order valence-corrected chi connectivity index (χ0v) is 18.6. The smallest absolute Gasteiger partial charge is 0.259 e. The number of primary amides is 1. The summed E-state index contributed by atoms with van der Waals surface area (Å²) in [5, 5.41) is 4.59. The predicted molar refractivity (Wildman–Crippen MR) is 127 cm³/mol. The summed E-state index contributed by atoms with van der Waals surface area (Å²) in [6, 6.07) is 14.3. The van der Waals surface area contributed by atoms with Crippen LogP contribution in [-0.4, -0.2) is 20.4 Å². The molecule has 3 N–H and O–H groups in total. The van der Waals surface area contributed by atoms with Gasteiger partial charge in [-0.05, 0) is 42.3 Å². The average Bonchev–Trinajstić information content (AvgIpc) is 2.77. The van der Waals surface area contributed by atoms with Gasteiger partial charge in [0.15, 0.2) is 0 Å². The number of pyridine rings is 1. The third-order valence-electron chi connectivity index (χ3n) is 5.05. The molecular weight excluding hydrogens is 449 g/mol. The van der Waals surface area contributed by atoms with Gasteiger partial charge in [0.1, 0.15) is 5.65 Å². The van der Waals surface area contributed by atoms with Crippen molar-refractivity contribution in [3.63, 3.8) is 0 Å². The summed E-state index contributed by atoms with van der Waals surface area (Å²) >= 11 is 12.6. The molecule has 4 aromatic rings. The Hall–Kier alpha value is -3.42. The van der Waals surface area contributed by atoms with Crippen molar-refractivity contribution >= 4 is 51.8 Å². The van der Waals surface area contributed by atoms with Crippen LogP contribution in [0.4, 0.5) is 11.6 Å². The lowest BCUT2D eigenvalue weighted by molar-refractivity contribution is -0.117. The number of benzene rings is 2. The van der Waals surface area contributed by atoms with E-state index in [0.29, 0.717) is 51.0 Å². The second-order valence-corrected chi connectivity index (χ2v) is 8.09. The first kappa shape index (κ1) is 21.8. The molecule has 0 bridgehead atoms. The fraction of sp³-hybridized carbons (Fsp3) is 0.130. The number of aromatic nitrogens is 3. The van der Waals surface area contributed by atoms with Crippen LogP contribution in [0.1, 0.15) is 12.0 Å². The molecule has 0 spiro atoms. The monoisotopic (exact) mass is 467 g/mol. The van der Waals surface area contributed by atoms with Gasteiger partial charge in [-0.25, -0.2) is 4.98 Å². The Morgan fingerprint density at radius 2 is 1.81 bits per heavy atom. The molecule has 2 aromatic heterocycles. The van der Waals surface area contributed by atoms with Crippen LogP contribution in [-0.2, 0) is 18.3 Å². The quantitative estimate of drug-likeness (QED) is 0.435. The molecular formula is C23H19Cl2N5O2. The van der Waals surface area contributed by atoms with E-state index < -0.39 is 0 Å². The summed E-state index contributed by atoms with van der Waals surface area (Å²) in [6.45, 7) is 0. The van der Waals surface area contributed by atoms with Crippen LogP contribution in [0.2, 0.25) is 10.0 Å². The van der Waals surface area contributed by atoms with Crippen molar-refractivity contribution < 1.29 is 4.79 Å². The molecule has 0 aliphatic heterocycles. The van der Waals surface area contributed by atoms with Crippen LogP contribution in [0.25, 0.3) is 22.2 Å². The van der Waals surface area contributed by atoms with E-state index in [0.717, 1.165) is 11.3 Å². The van der Waals surface area contributed by atoms with Crippen molar-refractivity contribution in [1.82, 2.24) is 14.5 Å². The number of carbonyl (C=O) groups excluding carboxylic acids is 1. The highest BCUT2D eigenvalue weighted by molar-refractivity contribution is 6.39. The minimum Gasteiger partial charge on any atom is -0.370 e. The van der Waals surface area contributed by atoms with Crippen LogP contribution in [0.15, 0.2) is 59.5 Å². The van der Waals surface area contributed by atoms with Gasteiger partial charge in [0.2, 0.25) is 11.9 Å². The van der Waals surface area contributed by atoms with Gasteiger partial charge in [-0.15, -0.1) is 0 Å². The molecule has 2 heterocycles. The second-order valence-electron chi connectivity index (χ2n) is 7.28. The lowest BCUT2D eigenvalue weighted by atomic mass is 10.1. The Balaban J connectivity index is 1.66. The summed E-state index contributed by atoms with van der Waals surface area (Å²) < 4.78 is 1.45. The zero-order chi connectivity index (χ0) is 22.8. The van der Waals surface area contributed by atoms with Gasteiger partial charge in [0.25, 0.3) is 5.56 Å². The fourth-order valence-corrected chi connectivity index (χ4v) is 3.99. The normalized spacial score (nSPS) is 11.0. The number of nitrogens with zero attached hydrogens (tertiary/aromatic N) is 3. The van der Waals surface area contributed by atoms with Gasteiger partial charge in [-0.2, -0.15) is 4.98 Å². The van der Waals surface area contributed by atoms with Gasteiger partial charge >= 0.3 is 0 Å². The number of hydrogen-bond donors (Lipinski definition) is 2. The van der Waals surface area contributed by atoms with Gasteiger partial charge in [-0.3, -0.25) is 14.2 Å². The van der Waals surface area contributed by atoms with Gasteiger partial charge in [0, 0.05) is 36.3 Å². The summed E-state index contributed by atoms with van der Waals surface area (Å²) in [5.41, 5.74) is 8.04. The van der Waals surface area contributed by atoms with E-state index in [1.165, 1.54) is 4.57 Å². The Labute approximate surface area is 193 Å². The Morgan fingerprint density at radius 1 is 1.12 bits per heavy atom. The van der Waals surface area contributed by atoms with Crippen molar-refractivity contribution in [2.75, 3.05) is 5.32 Å². The van der Waals surface area contributed by atoms with E-state index in [9.17, 15) is 9.59 Å². The van der Waals surface area contributed by atoms with Crippen molar-refractivity contribution in [2.24, 2.45) is 12.8 Å². The number of rotatable bonds is 6. The molecule has 0 fully saturated rings. The Kier molecular flexibility index (Phi) is 6.12. The molecule has 7 nitrogen and oxygen atoms in total. The van der Waals surface area contributed by atoms with Gasteiger partial charge in [0.05, 0.1) is 15.6 Å². The van der Waals surface area contributed by atoms with Crippen molar-refractivity contribution in [1.29, 1.82) is 0 Å². The lowest BCUT2D eigenvalue weighted by Gasteiger charge is -2.12. The van der Waals surface area contributed by atoms with E-state index in [1.54, 1.807) is 37.5 Å². The standard InChI is InChI=1S/C23H19Cl2N5O2/c1-30-21-14(11-16(22(30)32)20-17(24)3-2-4-18(20)25)12-27-23(29-21)28-15-8-5-13(6-9-15)7-10-19(26)31/h2-6,8-9,11-12H,7,10H2,1H3,(H2,26,31)(H,27,28,29). The van der Waals surface area contributed by atoms with E-state index in [2.05, 4.69) is 15.3 Å². The van der Waals surface area contributed by atoms with E-state index >= 15 is 0 Å². The molecule has 162 valence electrons. The van der Waals surface area contributed by atoms with Crippen LogP contribution >= 0.6 is 23.2 Å². The SMILES string of the molecule is Cn1c(=O)c(-c2c(Cl)cccc2Cl)cc2cnc(Nc3ccc(CCC(N)=O)cc3)nc21. The predicted octanol–water partition coefficient (Wildman–Crippen LogP) is 4.46. The molecule has 9 heteroatoms. The third kappa shape index (κ3) is 4.44. The van der Waals surface area contributed by atoms with Crippen molar-refractivity contribution in [2.45, 2.75) is 12.8 Å². The molecule has 0 aliphatic carbocycles. The largest absolute Gasteiger partial charge is 0.370 e. The molecule has 32 heavy (non-hydrogen) atoms. The average molecular weight is 468 g/mol. The number of nitrogens with one attached hydrogen (secondary N) is 1. The first-order chi connectivity index (χ1) is 15.3. The molecule has 2 aromatic carbocycles. The lowest BCUT2D eigenvalue weighted by Crippen LogP contribution is -2.20. The minimum atomic E-state index is -0.331. The van der Waals surface area contributed by atoms with Gasteiger partial charge in [-0.1, -0.05) is 41.4 Å². The summed E-state index contributed by atoms with van der Waals surface area (Å²) in [7, 11) is 1.64. The summed E-state index contributed by atoms with van der Waals surface area (Å²) in [6.07, 6.45) is 2.53. The van der Waals surface area contributed by atoms with Crippen molar-refractivity contribution in [3.8, 4) is 11.1 Å². The highest BCUT2D eigenvalue weighted by Crippen LogP contribution is 2.33. The first-order valence-electron chi connectivity index (χ1n) is 9.79.